The first-order valence-corrected chi connectivity index (χ1v) is 10.6. The summed E-state index contributed by atoms with van der Waals surface area (Å²) in [4.78, 5) is 14.0. The number of amides is 1. The van der Waals surface area contributed by atoms with Crippen LogP contribution in [0.4, 0.5) is 8.78 Å². The highest BCUT2D eigenvalue weighted by Gasteiger charge is 2.26. The van der Waals surface area contributed by atoms with E-state index in [9.17, 15) is 22.0 Å². The minimum absolute atomic E-state index is 0.236. The van der Waals surface area contributed by atoms with Crippen molar-refractivity contribution in [1.82, 2.24) is 10.2 Å². The van der Waals surface area contributed by atoms with Crippen LogP contribution in [0.15, 0.2) is 53.4 Å². The van der Waals surface area contributed by atoms with Gasteiger partial charge in [-0.1, -0.05) is 24.3 Å². The third-order valence-corrected chi connectivity index (χ3v) is 6.22. The summed E-state index contributed by atoms with van der Waals surface area (Å²) in [6.45, 7) is 3.24. The normalized spacial score (nSPS) is 14.7. The molecular weight excluding hydrogens is 386 g/mol. The van der Waals surface area contributed by atoms with E-state index in [4.69, 9.17) is 0 Å². The van der Waals surface area contributed by atoms with Gasteiger partial charge in [-0.3, -0.25) is 9.69 Å². The van der Waals surface area contributed by atoms with Gasteiger partial charge >= 0.3 is 5.76 Å². The predicted octanol–water partition coefficient (Wildman–Crippen LogP) is 2.86. The van der Waals surface area contributed by atoms with Crippen LogP contribution in [0.25, 0.3) is 0 Å². The van der Waals surface area contributed by atoms with E-state index in [0.717, 1.165) is 44.6 Å². The number of nitrogens with zero attached hydrogens (tertiary/aromatic N) is 1. The van der Waals surface area contributed by atoms with Crippen LogP contribution in [0.3, 0.4) is 0 Å². The Morgan fingerprint density at radius 3 is 2.43 bits per heavy atom. The molecule has 0 radical (unpaired) electrons. The zero-order chi connectivity index (χ0) is 20.1. The Balaban J connectivity index is 1.45. The summed E-state index contributed by atoms with van der Waals surface area (Å²) in [7, 11) is -4.64. The molecule has 1 aliphatic rings. The van der Waals surface area contributed by atoms with Crippen molar-refractivity contribution in [3.63, 3.8) is 0 Å². The SMILES string of the molecule is O=C(NCCCN1CCc2ccccc2C1)c1ccc(S(=O)(=O)C(F)F)cc1. The topological polar surface area (TPSA) is 66.5 Å². The van der Waals surface area contributed by atoms with Crippen LogP contribution in [0.1, 0.15) is 27.9 Å². The van der Waals surface area contributed by atoms with Crippen LogP contribution < -0.4 is 5.32 Å². The number of sulfone groups is 1. The molecule has 2 aromatic carbocycles. The lowest BCUT2D eigenvalue weighted by atomic mass is 10.00. The maximum atomic E-state index is 12.5. The van der Waals surface area contributed by atoms with Crippen LogP contribution >= 0.6 is 0 Å². The van der Waals surface area contributed by atoms with E-state index in [1.54, 1.807) is 0 Å². The lowest BCUT2D eigenvalue weighted by Crippen LogP contribution is -2.33. The Kier molecular flexibility index (Phi) is 6.41. The summed E-state index contributed by atoms with van der Waals surface area (Å²) in [5, 5.41) is 2.78. The summed E-state index contributed by atoms with van der Waals surface area (Å²) in [5.41, 5.74) is 2.97. The first kappa shape index (κ1) is 20.4. The van der Waals surface area contributed by atoms with Crippen molar-refractivity contribution < 1.29 is 22.0 Å². The van der Waals surface area contributed by atoms with Gasteiger partial charge in [0.15, 0.2) is 0 Å². The quantitative estimate of drug-likeness (QED) is 0.716. The molecule has 1 amide bonds. The number of benzene rings is 2. The van der Waals surface area contributed by atoms with Gasteiger partial charge in [-0.25, -0.2) is 8.42 Å². The number of rotatable bonds is 7. The summed E-state index contributed by atoms with van der Waals surface area (Å²) < 4.78 is 47.8. The van der Waals surface area contributed by atoms with Gasteiger partial charge in [-0.05, 0) is 48.2 Å². The molecule has 3 rings (SSSR count). The van der Waals surface area contributed by atoms with Gasteiger partial charge in [-0.2, -0.15) is 8.78 Å². The van der Waals surface area contributed by atoms with Crippen LogP contribution in [-0.4, -0.2) is 44.6 Å². The second kappa shape index (κ2) is 8.79. The molecule has 1 aliphatic heterocycles. The lowest BCUT2D eigenvalue weighted by molar-refractivity contribution is 0.0951. The Morgan fingerprint density at radius 2 is 1.75 bits per heavy atom. The van der Waals surface area contributed by atoms with E-state index in [1.165, 1.54) is 23.3 Å². The minimum Gasteiger partial charge on any atom is -0.352 e. The number of hydrogen-bond donors (Lipinski definition) is 1. The van der Waals surface area contributed by atoms with Gasteiger partial charge in [0.1, 0.15) is 0 Å². The molecule has 0 atom stereocenters. The summed E-state index contributed by atoms with van der Waals surface area (Å²) in [6.07, 6.45) is 1.81. The average molecular weight is 408 g/mol. The molecule has 1 heterocycles. The molecule has 2 aromatic rings. The molecule has 0 saturated heterocycles. The largest absolute Gasteiger partial charge is 0.352 e. The molecule has 0 unspecified atom stereocenters. The highest BCUT2D eigenvalue weighted by atomic mass is 32.2. The van der Waals surface area contributed by atoms with E-state index >= 15 is 0 Å². The van der Waals surface area contributed by atoms with Crippen molar-refractivity contribution >= 4 is 15.7 Å². The highest BCUT2D eigenvalue weighted by Crippen LogP contribution is 2.19. The number of nitrogens with one attached hydrogen (secondary N) is 1. The predicted molar refractivity (Wildman–Crippen MR) is 102 cm³/mol. The average Bonchev–Trinajstić information content (AvgIpc) is 2.71. The molecule has 1 N–H and O–H groups in total. The molecule has 0 bridgehead atoms. The maximum absolute atomic E-state index is 12.5. The van der Waals surface area contributed by atoms with E-state index in [1.807, 2.05) is 6.07 Å². The molecular formula is C20H22F2N2O3S. The number of carbonyl (C=O) groups is 1. The van der Waals surface area contributed by atoms with Gasteiger partial charge in [-0.15, -0.1) is 0 Å². The third-order valence-electron chi connectivity index (χ3n) is 4.83. The van der Waals surface area contributed by atoms with Crippen molar-refractivity contribution in [3.05, 3.63) is 65.2 Å². The van der Waals surface area contributed by atoms with Crippen molar-refractivity contribution in [2.75, 3.05) is 19.6 Å². The minimum atomic E-state index is -4.64. The monoisotopic (exact) mass is 408 g/mol. The molecule has 0 saturated carbocycles. The summed E-state index contributed by atoms with van der Waals surface area (Å²) in [6, 6.07) is 12.9. The molecule has 5 nitrogen and oxygen atoms in total. The zero-order valence-corrected chi connectivity index (χ0v) is 16.1. The van der Waals surface area contributed by atoms with Crippen molar-refractivity contribution in [2.45, 2.75) is 30.0 Å². The van der Waals surface area contributed by atoms with E-state index in [2.05, 4.69) is 28.4 Å². The second-order valence-corrected chi connectivity index (χ2v) is 8.65. The van der Waals surface area contributed by atoms with Gasteiger partial charge in [0.2, 0.25) is 9.84 Å². The molecule has 0 aliphatic carbocycles. The van der Waals surface area contributed by atoms with Crippen LogP contribution in [-0.2, 0) is 22.8 Å². The third kappa shape index (κ3) is 4.74. The van der Waals surface area contributed by atoms with Gasteiger partial charge in [0.25, 0.3) is 5.91 Å². The zero-order valence-electron chi connectivity index (χ0n) is 15.3. The van der Waals surface area contributed by atoms with E-state index in [0.29, 0.717) is 6.54 Å². The number of halogens is 2. The van der Waals surface area contributed by atoms with Crippen LogP contribution in [0.5, 0.6) is 0 Å². The highest BCUT2D eigenvalue weighted by molar-refractivity contribution is 7.91. The van der Waals surface area contributed by atoms with Crippen molar-refractivity contribution in [1.29, 1.82) is 0 Å². The molecule has 0 aromatic heterocycles. The van der Waals surface area contributed by atoms with Gasteiger partial charge < -0.3 is 5.32 Å². The fourth-order valence-electron chi connectivity index (χ4n) is 3.25. The first-order chi connectivity index (χ1) is 13.4. The molecule has 150 valence electrons. The van der Waals surface area contributed by atoms with E-state index < -0.39 is 20.5 Å². The Hall–Kier alpha value is -2.32. The van der Waals surface area contributed by atoms with Crippen LogP contribution in [0, 0.1) is 0 Å². The molecule has 0 fully saturated rings. The summed E-state index contributed by atoms with van der Waals surface area (Å²) in [5.74, 6) is -3.83. The Bertz CT molecular complexity index is 931. The summed E-state index contributed by atoms with van der Waals surface area (Å²) >= 11 is 0. The lowest BCUT2D eigenvalue weighted by Gasteiger charge is -2.28. The number of carbonyl (C=O) groups excluding carboxylic acids is 1. The fourth-order valence-corrected chi connectivity index (χ4v) is 3.97. The van der Waals surface area contributed by atoms with Gasteiger partial charge in [0, 0.05) is 31.7 Å². The molecule has 0 spiro atoms. The number of alkyl halides is 2. The van der Waals surface area contributed by atoms with Gasteiger partial charge in [0.05, 0.1) is 4.90 Å². The van der Waals surface area contributed by atoms with Crippen molar-refractivity contribution in [2.24, 2.45) is 0 Å². The number of fused-ring (bicyclic) bond motifs is 1. The molecule has 28 heavy (non-hydrogen) atoms. The fraction of sp³-hybridized carbons (Fsp3) is 0.350. The smallest absolute Gasteiger partial charge is 0.341 e. The Labute approximate surface area is 163 Å². The maximum Gasteiger partial charge on any atom is 0.341 e. The Morgan fingerprint density at radius 1 is 1.07 bits per heavy atom. The molecule has 8 heteroatoms. The standard InChI is InChI=1S/C20H22F2N2O3S/c21-20(22)28(26,27)18-8-6-16(7-9-18)19(25)23-11-3-12-24-13-10-15-4-1-2-5-17(15)14-24/h1-2,4-9,20H,3,10-14H2,(H,23,25). The van der Waals surface area contributed by atoms with Crippen LogP contribution in [0.2, 0.25) is 0 Å². The number of hydrogen-bond acceptors (Lipinski definition) is 4. The first-order valence-electron chi connectivity index (χ1n) is 9.07. The second-order valence-electron chi connectivity index (χ2n) is 6.73. The van der Waals surface area contributed by atoms with Crippen molar-refractivity contribution in [3.8, 4) is 0 Å². The van der Waals surface area contributed by atoms with E-state index in [-0.39, 0.29) is 11.5 Å².